The Morgan fingerprint density at radius 3 is 2.63 bits per heavy atom. The van der Waals surface area contributed by atoms with Crippen molar-refractivity contribution in [1.29, 1.82) is 0 Å². The Morgan fingerprint density at radius 1 is 1.26 bits per heavy atom. The van der Waals surface area contributed by atoms with Gasteiger partial charge in [0.05, 0.1) is 13.5 Å². The van der Waals surface area contributed by atoms with Crippen LogP contribution in [0.2, 0.25) is 0 Å². The molecule has 0 radical (unpaired) electrons. The van der Waals surface area contributed by atoms with Crippen LogP contribution < -0.4 is 11.1 Å². The van der Waals surface area contributed by atoms with Gasteiger partial charge in [0.2, 0.25) is 0 Å². The van der Waals surface area contributed by atoms with E-state index in [1.54, 1.807) is 0 Å². The van der Waals surface area contributed by atoms with Gasteiger partial charge >= 0.3 is 5.97 Å². The van der Waals surface area contributed by atoms with E-state index in [-0.39, 0.29) is 12.0 Å². The van der Waals surface area contributed by atoms with Crippen molar-refractivity contribution in [3.05, 3.63) is 36.4 Å². The second-order valence-electron chi connectivity index (χ2n) is 4.57. The summed E-state index contributed by atoms with van der Waals surface area (Å²) in [5.41, 5.74) is 7.68. The fourth-order valence-electron chi connectivity index (χ4n) is 2.10. The average Bonchev–Trinajstić information content (AvgIpc) is 2.42. The van der Waals surface area contributed by atoms with Crippen LogP contribution in [0.15, 0.2) is 36.4 Å². The number of fused-ring (bicyclic) bond motifs is 1. The highest BCUT2D eigenvalue weighted by molar-refractivity contribution is 6.01. The van der Waals surface area contributed by atoms with Crippen LogP contribution in [0, 0.1) is 0 Å². The third-order valence-electron chi connectivity index (χ3n) is 3.06. The first kappa shape index (κ1) is 13.2. The predicted octanol–water partition coefficient (Wildman–Crippen LogP) is 2.79. The lowest BCUT2D eigenvalue weighted by atomic mass is 10.1. The maximum absolute atomic E-state index is 11.2. The molecule has 0 fully saturated rings. The van der Waals surface area contributed by atoms with E-state index in [4.69, 9.17) is 5.73 Å². The number of methoxy groups -OCH3 is 1. The molecule has 0 spiro atoms. The molecule has 0 aromatic heterocycles. The number of nitrogens with one attached hydrogen (secondary N) is 1. The molecule has 100 valence electrons. The largest absolute Gasteiger partial charge is 0.469 e. The highest BCUT2D eigenvalue weighted by Crippen LogP contribution is 2.28. The molecule has 2 aromatic carbocycles. The van der Waals surface area contributed by atoms with Crippen LogP contribution in [0.1, 0.15) is 13.3 Å². The number of nitrogen functional groups attached to an aromatic ring is 1. The number of rotatable bonds is 4. The third-order valence-corrected chi connectivity index (χ3v) is 3.06. The van der Waals surface area contributed by atoms with Gasteiger partial charge in [-0.3, -0.25) is 4.79 Å². The summed E-state index contributed by atoms with van der Waals surface area (Å²) in [6, 6.07) is 11.7. The van der Waals surface area contributed by atoms with Crippen molar-refractivity contribution in [3.63, 3.8) is 0 Å². The molecule has 0 aliphatic carbocycles. The van der Waals surface area contributed by atoms with Gasteiger partial charge in [0.15, 0.2) is 0 Å². The normalized spacial score (nSPS) is 12.1. The molecule has 0 aliphatic rings. The number of hydrogen-bond acceptors (Lipinski definition) is 4. The molecule has 0 bridgehead atoms. The van der Waals surface area contributed by atoms with Gasteiger partial charge in [0, 0.05) is 28.2 Å². The summed E-state index contributed by atoms with van der Waals surface area (Å²) in [5, 5.41) is 5.39. The van der Waals surface area contributed by atoms with Crippen LogP contribution in [-0.4, -0.2) is 19.1 Å². The van der Waals surface area contributed by atoms with Gasteiger partial charge in [-0.2, -0.15) is 0 Å². The Hall–Kier alpha value is -2.23. The zero-order valence-corrected chi connectivity index (χ0v) is 11.1. The quantitative estimate of drug-likeness (QED) is 0.654. The van der Waals surface area contributed by atoms with Gasteiger partial charge in [0.1, 0.15) is 0 Å². The molecule has 2 aromatic rings. The predicted molar refractivity (Wildman–Crippen MR) is 78.1 cm³/mol. The molecule has 0 amide bonds. The molecule has 0 unspecified atom stereocenters. The molecule has 0 aliphatic heterocycles. The summed E-state index contributed by atoms with van der Waals surface area (Å²) in [7, 11) is 1.40. The van der Waals surface area contributed by atoms with Crippen LogP contribution in [-0.2, 0) is 9.53 Å². The first-order valence-corrected chi connectivity index (χ1v) is 6.22. The monoisotopic (exact) mass is 258 g/mol. The number of benzene rings is 2. The molecule has 19 heavy (non-hydrogen) atoms. The number of carbonyl (C=O) groups is 1. The van der Waals surface area contributed by atoms with E-state index in [0.717, 1.165) is 22.1 Å². The van der Waals surface area contributed by atoms with Gasteiger partial charge in [0.25, 0.3) is 0 Å². The summed E-state index contributed by atoms with van der Waals surface area (Å²) < 4.78 is 4.67. The standard InChI is InChI=1S/C15H18N2O2/c1-10(9-15(18)19-2)17-14-8-7-13(16)11-5-3-4-6-12(11)14/h3-8,10,17H,9,16H2,1-2H3/t10-/m0/s1. The number of carbonyl (C=O) groups excluding carboxylic acids is 1. The minimum atomic E-state index is -0.222. The lowest BCUT2D eigenvalue weighted by Gasteiger charge is -2.16. The molecular weight excluding hydrogens is 240 g/mol. The summed E-state index contributed by atoms with van der Waals surface area (Å²) >= 11 is 0. The average molecular weight is 258 g/mol. The smallest absolute Gasteiger partial charge is 0.307 e. The van der Waals surface area contributed by atoms with Crippen molar-refractivity contribution < 1.29 is 9.53 Å². The van der Waals surface area contributed by atoms with E-state index < -0.39 is 0 Å². The van der Waals surface area contributed by atoms with Crippen LogP contribution >= 0.6 is 0 Å². The van der Waals surface area contributed by atoms with E-state index in [0.29, 0.717) is 6.42 Å². The summed E-state index contributed by atoms with van der Waals surface area (Å²) in [4.78, 5) is 11.2. The number of ether oxygens (including phenoxy) is 1. The Morgan fingerprint density at radius 2 is 1.95 bits per heavy atom. The van der Waals surface area contributed by atoms with Crippen molar-refractivity contribution in [3.8, 4) is 0 Å². The van der Waals surface area contributed by atoms with Crippen molar-refractivity contribution >= 4 is 28.1 Å². The number of esters is 1. The fourth-order valence-corrected chi connectivity index (χ4v) is 2.10. The van der Waals surface area contributed by atoms with Crippen molar-refractivity contribution in [2.75, 3.05) is 18.2 Å². The van der Waals surface area contributed by atoms with Crippen LogP contribution in [0.25, 0.3) is 10.8 Å². The molecule has 0 saturated heterocycles. The Balaban J connectivity index is 2.26. The molecule has 4 heteroatoms. The van der Waals surface area contributed by atoms with E-state index in [1.165, 1.54) is 7.11 Å². The van der Waals surface area contributed by atoms with Crippen LogP contribution in [0.4, 0.5) is 11.4 Å². The van der Waals surface area contributed by atoms with Gasteiger partial charge < -0.3 is 15.8 Å². The fraction of sp³-hybridized carbons (Fsp3) is 0.267. The van der Waals surface area contributed by atoms with Crippen LogP contribution in [0.3, 0.4) is 0 Å². The minimum Gasteiger partial charge on any atom is -0.469 e. The number of nitrogens with two attached hydrogens (primary N) is 1. The highest BCUT2D eigenvalue weighted by Gasteiger charge is 2.11. The molecule has 3 N–H and O–H groups in total. The lowest BCUT2D eigenvalue weighted by molar-refractivity contribution is -0.140. The second kappa shape index (κ2) is 5.61. The zero-order valence-electron chi connectivity index (χ0n) is 11.1. The first-order chi connectivity index (χ1) is 9.11. The van der Waals surface area contributed by atoms with Crippen LogP contribution in [0.5, 0.6) is 0 Å². The summed E-state index contributed by atoms with van der Waals surface area (Å²) in [6.07, 6.45) is 0.329. The maximum Gasteiger partial charge on any atom is 0.307 e. The van der Waals surface area contributed by atoms with E-state index in [1.807, 2.05) is 43.3 Å². The Bertz CT molecular complexity index is 596. The molecule has 0 heterocycles. The maximum atomic E-state index is 11.2. The molecule has 2 rings (SSSR count). The van der Waals surface area contributed by atoms with Gasteiger partial charge in [-0.15, -0.1) is 0 Å². The number of anilines is 2. The molecule has 4 nitrogen and oxygen atoms in total. The molecule has 0 saturated carbocycles. The summed E-state index contributed by atoms with van der Waals surface area (Å²) in [6.45, 7) is 1.95. The highest BCUT2D eigenvalue weighted by atomic mass is 16.5. The second-order valence-corrected chi connectivity index (χ2v) is 4.57. The SMILES string of the molecule is COC(=O)C[C@H](C)Nc1ccc(N)c2ccccc12. The van der Waals surface area contributed by atoms with Crippen molar-refractivity contribution in [2.24, 2.45) is 0 Å². The van der Waals surface area contributed by atoms with Gasteiger partial charge in [-0.1, -0.05) is 24.3 Å². The Kier molecular flexibility index (Phi) is 3.90. The third kappa shape index (κ3) is 2.96. The summed E-state index contributed by atoms with van der Waals surface area (Å²) in [5.74, 6) is -0.222. The topological polar surface area (TPSA) is 64.3 Å². The number of hydrogen-bond donors (Lipinski definition) is 2. The molecule has 1 atom stereocenters. The minimum absolute atomic E-state index is 0.000481. The van der Waals surface area contributed by atoms with Crippen molar-refractivity contribution in [2.45, 2.75) is 19.4 Å². The van der Waals surface area contributed by atoms with E-state index >= 15 is 0 Å². The zero-order chi connectivity index (χ0) is 13.8. The van der Waals surface area contributed by atoms with E-state index in [2.05, 4.69) is 10.1 Å². The first-order valence-electron chi connectivity index (χ1n) is 6.22. The van der Waals surface area contributed by atoms with Crippen molar-refractivity contribution in [1.82, 2.24) is 0 Å². The lowest BCUT2D eigenvalue weighted by Crippen LogP contribution is -2.20. The van der Waals surface area contributed by atoms with Gasteiger partial charge in [-0.25, -0.2) is 0 Å². The van der Waals surface area contributed by atoms with E-state index in [9.17, 15) is 4.79 Å². The van der Waals surface area contributed by atoms with Gasteiger partial charge in [-0.05, 0) is 19.1 Å². The Labute approximate surface area is 112 Å². The molecular formula is C15H18N2O2.